The van der Waals surface area contributed by atoms with Gasteiger partial charge in [0.25, 0.3) is 0 Å². The van der Waals surface area contributed by atoms with Gasteiger partial charge in [0, 0.05) is 6.04 Å². The van der Waals surface area contributed by atoms with Crippen LogP contribution < -0.4 is 0 Å². The van der Waals surface area contributed by atoms with E-state index in [9.17, 15) is 18.0 Å². The number of hydrogen-bond acceptors (Lipinski definition) is 2. The maximum atomic E-state index is 12.0. The van der Waals surface area contributed by atoms with Crippen molar-refractivity contribution in [1.29, 1.82) is 0 Å². The summed E-state index contributed by atoms with van der Waals surface area (Å²) in [6.07, 6.45) is -3.86. The van der Waals surface area contributed by atoms with Crippen LogP contribution in [0.2, 0.25) is 0 Å². The predicted molar refractivity (Wildman–Crippen MR) is 45.0 cm³/mol. The molecule has 0 aliphatic rings. The van der Waals surface area contributed by atoms with Crippen LogP contribution in [0, 0.1) is 0 Å². The molecule has 0 rings (SSSR count). The molecule has 0 aliphatic carbocycles. The van der Waals surface area contributed by atoms with E-state index >= 15 is 0 Å². The zero-order chi connectivity index (χ0) is 11.4. The molecule has 0 heterocycles. The molecule has 1 unspecified atom stereocenters. The number of halogens is 3. The van der Waals surface area contributed by atoms with Gasteiger partial charge in [-0.2, -0.15) is 13.2 Å². The molecule has 6 heteroatoms. The minimum absolute atomic E-state index is 0.382. The zero-order valence-electron chi connectivity index (χ0n) is 8.14. The normalized spacial score (nSPS) is 14.4. The van der Waals surface area contributed by atoms with Crippen molar-refractivity contribution in [2.24, 2.45) is 0 Å². The topological polar surface area (TPSA) is 40.5 Å². The van der Waals surface area contributed by atoms with E-state index < -0.39 is 25.2 Å². The van der Waals surface area contributed by atoms with Crippen LogP contribution in [-0.4, -0.2) is 41.3 Å². The Morgan fingerprint density at radius 1 is 1.50 bits per heavy atom. The third-order valence-corrected chi connectivity index (χ3v) is 1.93. The number of nitrogens with zero attached hydrogens (tertiary/aromatic N) is 1. The molecule has 0 amide bonds. The van der Waals surface area contributed by atoms with Crippen molar-refractivity contribution < 1.29 is 23.1 Å². The van der Waals surface area contributed by atoms with E-state index in [0.29, 0.717) is 6.42 Å². The highest BCUT2D eigenvalue weighted by Crippen LogP contribution is 2.18. The molecule has 14 heavy (non-hydrogen) atoms. The van der Waals surface area contributed by atoms with Gasteiger partial charge < -0.3 is 5.11 Å². The first kappa shape index (κ1) is 13.2. The lowest BCUT2D eigenvalue weighted by Gasteiger charge is -2.27. The fourth-order valence-electron chi connectivity index (χ4n) is 1.03. The van der Waals surface area contributed by atoms with Crippen molar-refractivity contribution in [2.45, 2.75) is 32.5 Å². The van der Waals surface area contributed by atoms with Crippen LogP contribution in [0.15, 0.2) is 0 Å². The molecule has 1 atom stereocenters. The third kappa shape index (κ3) is 5.80. The summed E-state index contributed by atoms with van der Waals surface area (Å²) in [6.45, 7) is 1.55. The van der Waals surface area contributed by atoms with Gasteiger partial charge in [0.15, 0.2) is 0 Å². The Morgan fingerprint density at radius 3 is 2.29 bits per heavy atom. The minimum atomic E-state index is -4.35. The molecule has 0 spiro atoms. The van der Waals surface area contributed by atoms with Crippen LogP contribution in [0.25, 0.3) is 0 Å². The summed E-state index contributed by atoms with van der Waals surface area (Å²) in [5.74, 6) is -1.24. The van der Waals surface area contributed by atoms with Gasteiger partial charge in [-0.05, 0) is 13.3 Å². The number of aliphatic carboxylic acids is 1. The predicted octanol–water partition coefficient (Wildman–Crippen LogP) is 1.73. The van der Waals surface area contributed by atoms with Crippen LogP contribution in [0.1, 0.15) is 20.3 Å². The summed E-state index contributed by atoms with van der Waals surface area (Å²) in [4.78, 5) is 11.2. The van der Waals surface area contributed by atoms with Crippen molar-refractivity contribution >= 4 is 5.97 Å². The number of carbonyl (C=O) groups is 1. The lowest BCUT2D eigenvalue weighted by atomic mass is 10.2. The molecule has 0 saturated carbocycles. The highest BCUT2D eigenvalue weighted by molar-refractivity contribution is 5.69. The van der Waals surface area contributed by atoms with Crippen LogP contribution in [0.4, 0.5) is 13.2 Å². The maximum absolute atomic E-state index is 12.0. The average Bonchev–Trinajstić information content (AvgIpc) is 1.98. The Hall–Kier alpha value is -0.780. The van der Waals surface area contributed by atoms with E-state index in [1.807, 2.05) is 0 Å². The van der Waals surface area contributed by atoms with E-state index in [4.69, 9.17) is 5.11 Å². The van der Waals surface area contributed by atoms with Crippen LogP contribution >= 0.6 is 0 Å². The molecule has 0 radical (unpaired) electrons. The highest BCUT2D eigenvalue weighted by Gasteiger charge is 2.33. The van der Waals surface area contributed by atoms with Crippen molar-refractivity contribution in [1.82, 2.24) is 4.90 Å². The highest BCUT2D eigenvalue weighted by atomic mass is 19.4. The lowest BCUT2D eigenvalue weighted by molar-refractivity contribution is -0.157. The Kier molecular flexibility index (Phi) is 4.90. The van der Waals surface area contributed by atoms with E-state index in [1.54, 1.807) is 13.8 Å². The molecule has 1 N–H and O–H groups in total. The van der Waals surface area contributed by atoms with Crippen LogP contribution in [0.5, 0.6) is 0 Å². The number of carboxylic acid groups (broad SMARTS) is 1. The Morgan fingerprint density at radius 2 is 2.00 bits per heavy atom. The molecule has 0 aliphatic heterocycles. The standard InChI is InChI=1S/C8H14F3NO2/c1-3-6(2)12(4-7(13)14)5-8(9,10)11/h6H,3-5H2,1-2H3,(H,13,14). The van der Waals surface area contributed by atoms with Crippen LogP contribution in [-0.2, 0) is 4.79 Å². The molecule has 3 nitrogen and oxygen atoms in total. The fraction of sp³-hybridized carbons (Fsp3) is 0.875. The second kappa shape index (κ2) is 5.19. The Bertz CT molecular complexity index is 194. The Balaban J connectivity index is 4.32. The number of alkyl halides is 3. The van der Waals surface area contributed by atoms with Crippen LogP contribution in [0.3, 0.4) is 0 Å². The third-order valence-electron chi connectivity index (χ3n) is 1.93. The van der Waals surface area contributed by atoms with Gasteiger partial charge in [0.2, 0.25) is 0 Å². The molecule has 0 aromatic heterocycles. The molecular formula is C8H14F3NO2. The quantitative estimate of drug-likeness (QED) is 0.756. The van der Waals surface area contributed by atoms with Crippen molar-refractivity contribution in [3.8, 4) is 0 Å². The molecule has 0 aromatic rings. The maximum Gasteiger partial charge on any atom is 0.401 e. The van der Waals surface area contributed by atoms with E-state index in [-0.39, 0.29) is 6.04 Å². The summed E-state index contributed by atoms with van der Waals surface area (Å²) in [7, 11) is 0. The molecule has 84 valence electrons. The average molecular weight is 213 g/mol. The smallest absolute Gasteiger partial charge is 0.401 e. The lowest BCUT2D eigenvalue weighted by Crippen LogP contribution is -2.43. The van der Waals surface area contributed by atoms with E-state index in [2.05, 4.69) is 0 Å². The molecule has 0 bridgehead atoms. The van der Waals surface area contributed by atoms with E-state index in [1.165, 1.54) is 0 Å². The number of carboxylic acids is 1. The van der Waals surface area contributed by atoms with Crippen molar-refractivity contribution in [3.05, 3.63) is 0 Å². The monoisotopic (exact) mass is 213 g/mol. The second-order valence-electron chi connectivity index (χ2n) is 3.17. The van der Waals surface area contributed by atoms with Crippen molar-refractivity contribution in [2.75, 3.05) is 13.1 Å². The van der Waals surface area contributed by atoms with Gasteiger partial charge in [-0.15, -0.1) is 0 Å². The van der Waals surface area contributed by atoms with Gasteiger partial charge in [0.1, 0.15) is 0 Å². The zero-order valence-corrected chi connectivity index (χ0v) is 8.14. The first-order valence-corrected chi connectivity index (χ1v) is 4.29. The largest absolute Gasteiger partial charge is 0.480 e. The molecule has 0 fully saturated rings. The number of rotatable bonds is 5. The first-order valence-electron chi connectivity index (χ1n) is 4.29. The SMILES string of the molecule is CCC(C)N(CC(=O)O)CC(F)(F)F. The van der Waals surface area contributed by atoms with Gasteiger partial charge in [-0.1, -0.05) is 6.92 Å². The van der Waals surface area contributed by atoms with Gasteiger partial charge in [0.05, 0.1) is 13.1 Å². The minimum Gasteiger partial charge on any atom is -0.480 e. The first-order chi connectivity index (χ1) is 6.26. The molecule has 0 saturated heterocycles. The summed E-state index contributed by atoms with van der Waals surface area (Å²) < 4.78 is 36.1. The summed E-state index contributed by atoms with van der Waals surface area (Å²) in [5.41, 5.74) is 0. The fourth-order valence-corrected chi connectivity index (χ4v) is 1.03. The second-order valence-corrected chi connectivity index (χ2v) is 3.17. The van der Waals surface area contributed by atoms with Gasteiger partial charge in [-0.25, -0.2) is 0 Å². The van der Waals surface area contributed by atoms with E-state index in [0.717, 1.165) is 4.90 Å². The Labute approximate surface area is 80.5 Å². The van der Waals surface area contributed by atoms with Gasteiger partial charge >= 0.3 is 12.1 Å². The van der Waals surface area contributed by atoms with Crippen molar-refractivity contribution in [3.63, 3.8) is 0 Å². The molecule has 0 aromatic carbocycles. The van der Waals surface area contributed by atoms with Gasteiger partial charge in [-0.3, -0.25) is 9.69 Å². The summed E-state index contributed by atoms with van der Waals surface area (Å²) in [5, 5.41) is 8.42. The number of hydrogen-bond donors (Lipinski definition) is 1. The molecular weight excluding hydrogens is 199 g/mol. The summed E-state index contributed by atoms with van der Waals surface area (Å²) in [6, 6.07) is -0.382. The summed E-state index contributed by atoms with van der Waals surface area (Å²) >= 11 is 0.